The van der Waals surface area contributed by atoms with E-state index in [0.29, 0.717) is 0 Å². The Kier molecular flexibility index (Phi) is 3.90. The summed E-state index contributed by atoms with van der Waals surface area (Å²) < 4.78 is 0. The van der Waals surface area contributed by atoms with Crippen LogP contribution in [0.2, 0.25) is 0 Å². The Hall–Kier alpha value is -0.890. The monoisotopic (exact) mass is 179 g/mol. The Bertz CT molecular complexity index is 260. The number of aliphatic hydroxyl groups excluding tert-OH is 1. The third-order valence-electron chi connectivity index (χ3n) is 2.24. The van der Waals surface area contributed by atoms with Gasteiger partial charge >= 0.3 is 0 Å². The summed E-state index contributed by atoms with van der Waals surface area (Å²) >= 11 is 0. The Labute approximate surface area is 79.6 Å². The minimum Gasteiger partial charge on any atom is -0.388 e. The fourth-order valence-corrected chi connectivity index (χ4v) is 1.49. The Balaban J connectivity index is 2.85. The van der Waals surface area contributed by atoms with Crippen molar-refractivity contribution in [3.8, 4) is 0 Å². The summed E-state index contributed by atoms with van der Waals surface area (Å²) in [5.41, 5.74) is 2.20. The second-order valence-corrected chi connectivity index (χ2v) is 3.23. The zero-order chi connectivity index (χ0) is 9.68. The van der Waals surface area contributed by atoms with Crippen LogP contribution in [-0.2, 0) is 6.42 Å². The van der Waals surface area contributed by atoms with E-state index >= 15 is 0 Å². The van der Waals surface area contributed by atoms with E-state index in [4.69, 9.17) is 0 Å². The van der Waals surface area contributed by atoms with Gasteiger partial charge in [0.05, 0.1) is 6.10 Å². The number of rotatable bonds is 4. The van der Waals surface area contributed by atoms with Crippen molar-refractivity contribution in [1.82, 2.24) is 4.98 Å². The minimum absolute atomic E-state index is 0.317. The first-order valence-corrected chi connectivity index (χ1v) is 4.90. The van der Waals surface area contributed by atoms with E-state index in [9.17, 15) is 5.11 Å². The molecule has 72 valence electrons. The van der Waals surface area contributed by atoms with E-state index in [-0.39, 0.29) is 6.10 Å². The molecular weight excluding hydrogens is 162 g/mol. The third kappa shape index (κ3) is 2.52. The van der Waals surface area contributed by atoms with Crippen LogP contribution < -0.4 is 0 Å². The molecule has 1 aromatic heterocycles. The van der Waals surface area contributed by atoms with Gasteiger partial charge in [0, 0.05) is 12.4 Å². The maximum Gasteiger partial charge on any atom is 0.0793 e. The number of aliphatic hydroxyl groups is 1. The molecule has 13 heavy (non-hydrogen) atoms. The fourth-order valence-electron chi connectivity index (χ4n) is 1.49. The molecule has 0 aliphatic carbocycles. The van der Waals surface area contributed by atoms with Crippen LogP contribution in [0.4, 0.5) is 0 Å². The first-order chi connectivity index (χ1) is 6.29. The topological polar surface area (TPSA) is 33.1 Å². The molecule has 0 radical (unpaired) electrons. The summed E-state index contributed by atoms with van der Waals surface area (Å²) in [6.45, 7) is 4.16. The molecule has 0 saturated heterocycles. The van der Waals surface area contributed by atoms with Crippen LogP contribution in [0.1, 0.15) is 43.9 Å². The molecule has 0 aliphatic heterocycles. The Morgan fingerprint density at radius 1 is 1.46 bits per heavy atom. The number of pyridine rings is 1. The Morgan fingerprint density at radius 2 is 2.23 bits per heavy atom. The van der Waals surface area contributed by atoms with Gasteiger partial charge in [-0.3, -0.25) is 4.98 Å². The third-order valence-corrected chi connectivity index (χ3v) is 2.24. The molecule has 1 N–H and O–H groups in total. The second-order valence-electron chi connectivity index (χ2n) is 3.23. The molecule has 0 aromatic carbocycles. The molecule has 1 rings (SSSR count). The van der Waals surface area contributed by atoms with Crippen molar-refractivity contribution in [2.75, 3.05) is 0 Å². The largest absolute Gasteiger partial charge is 0.388 e. The van der Waals surface area contributed by atoms with E-state index in [1.165, 1.54) is 0 Å². The first kappa shape index (κ1) is 10.2. The molecule has 1 aromatic rings. The number of hydrogen-bond acceptors (Lipinski definition) is 2. The molecule has 0 saturated carbocycles. The minimum atomic E-state index is -0.317. The maximum atomic E-state index is 9.80. The Morgan fingerprint density at radius 3 is 2.85 bits per heavy atom. The molecule has 0 fully saturated rings. The SMILES string of the molecule is CCC[C@@H](O)c1ccncc1CC. The average Bonchev–Trinajstić information content (AvgIpc) is 2.18. The number of nitrogens with zero attached hydrogens (tertiary/aromatic N) is 1. The highest BCUT2D eigenvalue weighted by atomic mass is 16.3. The van der Waals surface area contributed by atoms with Gasteiger partial charge in [0.15, 0.2) is 0 Å². The van der Waals surface area contributed by atoms with Crippen LogP contribution in [-0.4, -0.2) is 10.1 Å². The lowest BCUT2D eigenvalue weighted by Crippen LogP contribution is -2.01. The van der Waals surface area contributed by atoms with E-state index in [2.05, 4.69) is 18.8 Å². The maximum absolute atomic E-state index is 9.80. The van der Waals surface area contributed by atoms with Gasteiger partial charge in [0.2, 0.25) is 0 Å². The predicted molar refractivity (Wildman–Crippen MR) is 53.5 cm³/mol. The molecular formula is C11H17NO. The fraction of sp³-hybridized carbons (Fsp3) is 0.545. The second kappa shape index (κ2) is 4.97. The molecule has 0 aliphatic rings. The standard InChI is InChI=1S/C11H17NO/c1-3-5-11(13)10-6-7-12-8-9(10)4-2/h6-8,11,13H,3-5H2,1-2H3/t11-/m1/s1. The average molecular weight is 179 g/mol. The number of aryl methyl sites for hydroxylation is 1. The zero-order valence-corrected chi connectivity index (χ0v) is 8.33. The first-order valence-electron chi connectivity index (χ1n) is 4.90. The van der Waals surface area contributed by atoms with Crippen molar-refractivity contribution < 1.29 is 5.11 Å². The summed E-state index contributed by atoms with van der Waals surface area (Å²) in [4.78, 5) is 4.05. The van der Waals surface area contributed by atoms with E-state index in [1.807, 2.05) is 12.3 Å². The van der Waals surface area contributed by atoms with Crippen LogP contribution >= 0.6 is 0 Å². The lowest BCUT2D eigenvalue weighted by molar-refractivity contribution is 0.165. The van der Waals surface area contributed by atoms with Crippen LogP contribution in [0.25, 0.3) is 0 Å². The molecule has 0 bridgehead atoms. The van der Waals surface area contributed by atoms with Crippen LogP contribution in [0.15, 0.2) is 18.5 Å². The van der Waals surface area contributed by atoms with E-state index in [1.54, 1.807) is 6.20 Å². The number of aromatic nitrogens is 1. The van der Waals surface area contributed by atoms with Gasteiger partial charge in [-0.15, -0.1) is 0 Å². The van der Waals surface area contributed by atoms with Gasteiger partial charge < -0.3 is 5.11 Å². The van der Waals surface area contributed by atoms with Gasteiger partial charge in [-0.05, 0) is 30.0 Å². The van der Waals surface area contributed by atoms with Gasteiger partial charge in [-0.2, -0.15) is 0 Å². The van der Waals surface area contributed by atoms with Crippen molar-refractivity contribution in [1.29, 1.82) is 0 Å². The van der Waals surface area contributed by atoms with E-state index < -0.39 is 0 Å². The molecule has 0 amide bonds. The van der Waals surface area contributed by atoms with Crippen LogP contribution in [0.3, 0.4) is 0 Å². The highest BCUT2D eigenvalue weighted by Crippen LogP contribution is 2.21. The molecule has 1 heterocycles. The lowest BCUT2D eigenvalue weighted by Gasteiger charge is -2.12. The summed E-state index contributed by atoms with van der Waals surface area (Å²) in [6, 6.07) is 1.92. The van der Waals surface area contributed by atoms with Gasteiger partial charge in [0.25, 0.3) is 0 Å². The highest BCUT2D eigenvalue weighted by molar-refractivity contribution is 5.25. The molecule has 0 unspecified atom stereocenters. The van der Waals surface area contributed by atoms with Crippen molar-refractivity contribution in [3.63, 3.8) is 0 Å². The summed E-state index contributed by atoms with van der Waals surface area (Å²) in [6.07, 6.45) is 6.04. The van der Waals surface area contributed by atoms with Gasteiger partial charge in [-0.25, -0.2) is 0 Å². The zero-order valence-electron chi connectivity index (χ0n) is 8.33. The van der Waals surface area contributed by atoms with Gasteiger partial charge in [0.1, 0.15) is 0 Å². The van der Waals surface area contributed by atoms with Gasteiger partial charge in [-0.1, -0.05) is 20.3 Å². The highest BCUT2D eigenvalue weighted by Gasteiger charge is 2.09. The number of hydrogen-bond donors (Lipinski definition) is 1. The normalized spacial score (nSPS) is 12.8. The van der Waals surface area contributed by atoms with Crippen molar-refractivity contribution in [2.24, 2.45) is 0 Å². The smallest absolute Gasteiger partial charge is 0.0793 e. The van der Waals surface area contributed by atoms with Crippen molar-refractivity contribution in [3.05, 3.63) is 29.6 Å². The molecule has 1 atom stereocenters. The summed E-state index contributed by atoms with van der Waals surface area (Å²) in [5, 5.41) is 9.80. The molecule has 0 spiro atoms. The molecule has 2 nitrogen and oxygen atoms in total. The van der Waals surface area contributed by atoms with Crippen LogP contribution in [0, 0.1) is 0 Å². The predicted octanol–water partition coefficient (Wildman–Crippen LogP) is 2.48. The summed E-state index contributed by atoms with van der Waals surface area (Å²) in [5.74, 6) is 0. The molecule has 2 heteroatoms. The lowest BCUT2D eigenvalue weighted by atomic mass is 10.0. The summed E-state index contributed by atoms with van der Waals surface area (Å²) in [7, 11) is 0. The van der Waals surface area contributed by atoms with E-state index in [0.717, 1.165) is 30.4 Å². The van der Waals surface area contributed by atoms with Crippen molar-refractivity contribution >= 4 is 0 Å². The van der Waals surface area contributed by atoms with Crippen LogP contribution in [0.5, 0.6) is 0 Å². The van der Waals surface area contributed by atoms with Crippen molar-refractivity contribution in [2.45, 2.75) is 39.2 Å². The quantitative estimate of drug-likeness (QED) is 0.770.